The summed E-state index contributed by atoms with van der Waals surface area (Å²) in [4.78, 5) is 2.18. The van der Waals surface area contributed by atoms with Gasteiger partial charge in [0, 0.05) is 13.1 Å². The Hall–Kier alpha value is -1.27. The van der Waals surface area contributed by atoms with Gasteiger partial charge < -0.3 is 10.6 Å². The van der Waals surface area contributed by atoms with Crippen LogP contribution in [0.4, 0.5) is 11.4 Å². The van der Waals surface area contributed by atoms with E-state index < -0.39 is 10.0 Å². The summed E-state index contributed by atoms with van der Waals surface area (Å²) in [5, 5.41) is 5.19. The van der Waals surface area contributed by atoms with E-state index in [0.29, 0.717) is 0 Å². The highest BCUT2D eigenvalue weighted by Crippen LogP contribution is 2.32. The molecule has 0 aliphatic carbocycles. The van der Waals surface area contributed by atoms with Gasteiger partial charge in [0.2, 0.25) is 10.0 Å². The molecule has 1 saturated heterocycles. The minimum absolute atomic E-state index is 0.0191. The second kappa shape index (κ2) is 6.01. The first kappa shape index (κ1) is 15.1. The number of rotatable bonds is 4. The fraction of sp³-hybridized carbons (Fsp3) is 0.571. The van der Waals surface area contributed by atoms with Gasteiger partial charge in [0.25, 0.3) is 0 Å². The van der Waals surface area contributed by atoms with Crippen molar-refractivity contribution in [1.82, 2.24) is 0 Å². The molecule has 1 aliphatic heterocycles. The van der Waals surface area contributed by atoms with Gasteiger partial charge >= 0.3 is 0 Å². The van der Waals surface area contributed by atoms with Crippen LogP contribution in [0.15, 0.2) is 23.1 Å². The summed E-state index contributed by atoms with van der Waals surface area (Å²) in [6.45, 7) is 4.05. The van der Waals surface area contributed by atoms with Crippen molar-refractivity contribution in [1.29, 1.82) is 0 Å². The largest absolute Gasteiger partial charge is 0.396 e. The van der Waals surface area contributed by atoms with Crippen LogP contribution in [0.5, 0.6) is 0 Å². The third-order valence-corrected chi connectivity index (χ3v) is 4.97. The van der Waals surface area contributed by atoms with Crippen LogP contribution in [0.1, 0.15) is 32.6 Å². The van der Waals surface area contributed by atoms with E-state index in [4.69, 9.17) is 10.9 Å². The maximum Gasteiger partial charge on any atom is 0.240 e. The molecule has 2 rings (SSSR count). The number of para-hydroxylation sites is 1. The van der Waals surface area contributed by atoms with Crippen LogP contribution < -0.4 is 15.8 Å². The lowest BCUT2D eigenvalue weighted by atomic mass is 9.92. The molecule has 112 valence electrons. The van der Waals surface area contributed by atoms with Crippen molar-refractivity contribution < 1.29 is 8.42 Å². The lowest BCUT2D eigenvalue weighted by molar-refractivity contribution is 0.378. The molecule has 6 heteroatoms. The van der Waals surface area contributed by atoms with Gasteiger partial charge in [-0.3, -0.25) is 0 Å². The highest BCUT2D eigenvalue weighted by atomic mass is 32.2. The highest BCUT2D eigenvalue weighted by Gasteiger charge is 2.22. The zero-order valence-corrected chi connectivity index (χ0v) is 12.7. The molecule has 1 heterocycles. The van der Waals surface area contributed by atoms with Crippen LogP contribution in [0, 0.1) is 5.92 Å². The van der Waals surface area contributed by atoms with E-state index in [1.807, 2.05) is 6.07 Å². The summed E-state index contributed by atoms with van der Waals surface area (Å²) in [6, 6.07) is 5.02. The molecule has 0 unspecified atom stereocenters. The van der Waals surface area contributed by atoms with Crippen LogP contribution >= 0.6 is 0 Å². The van der Waals surface area contributed by atoms with Gasteiger partial charge in [-0.1, -0.05) is 25.8 Å². The van der Waals surface area contributed by atoms with E-state index in [9.17, 15) is 8.42 Å². The molecule has 20 heavy (non-hydrogen) atoms. The molecule has 0 bridgehead atoms. The van der Waals surface area contributed by atoms with Crippen molar-refractivity contribution in [2.24, 2.45) is 11.1 Å². The van der Waals surface area contributed by atoms with Gasteiger partial charge in [0.05, 0.1) is 11.4 Å². The number of primary sulfonamides is 1. The summed E-state index contributed by atoms with van der Waals surface area (Å²) >= 11 is 0. The average molecular weight is 297 g/mol. The van der Waals surface area contributed by atoms with Gasteiger partial charge in [0.1, 0.15) is 4.90 Å². The van der Waals surface area contributed by atoms with Crippen LogP contribution in [-0.4, -0.2) is 21.5 Å². The van der Waals surface area contributed by atoms with Crippen LogP contribution in [-0.2, 0) is 10.0 Å². The number of hydrogen-bond donors (Lipinski definition) is 2. The van der Waals surface area contributed by atoms with Crippen molar-refractivity contribution in [3.8, 4) is 0 Å². The summed E-state index contributed by atoms with van der Waals surface area (Å²) in [6.07, 6.45) is 4.74. The molecule has 5 nitrogen and oxygen atoms in total. The van der Waals surface area contributed by atoms with Crippen molar-refractivity contribution >= 4 is 21.4 Å². The first-order valence-electron chi connectivity index (χ1n) is 7.09. The van der Waals surface area contributed by atoms with E-state index in [1.165, 1.54) is 18.9 Å². The quantitative estimate of drug-likeness (QED) is 0.831. The number of anilines is 2. The monoisotopic (exact) mass is 297 g/mol. The molecule has 0 atom stereocenters. The Bertz CT molecular complexity index is 564. The molecule has 0 amide bonds. The second-order valence-electron chi connectivity index (χ2n) is 5.45. The third kappa shape index (κ3) is 3.24. The maximum absolute atomic E-state index is 11.5. The number of benzene rings is 1. The molecule has 0 aromatic heterocycles. The van der Waals surface area contributed by atoms with Gasteiger partial charge in [-0.05, 0) is 30.9 Å². The SMILES string of the molecule is CCCC1CCN(c2cccc(S(N)(=O)=O)c2N)CC1. The summed E-state index contributed by atoms with van der Waals surface area (Å²) in [7, 11) is -3.77. The standard InChI is InChI=1S/C14H23N3O2S/c1-2-4-11-7-9-17(10-8-11)12-5-3-6-13(14(12)15)20(16,18)19/h3,5-6,11H,2,4,7-10,15H2,1H3,(H2,16,18,19). The fourth-order valence-electron chi connectivity index (χ4n) is 2.93. The van der Waals surface area contributed by atoms with E-state index in [2.05, 4.69) is 11.8 Å². The molecule has 1 aromatic rings. The molecular weight excluding hydrogens is 274 g/mol. The van der Waals surface area contributed by atoms with E-state index in [-0.39, 0.29) is 10.6 Å². The third-order valence-electron chi connectivity index (χ3n) is 4.00. The Labute approximate surface area is 121 Å². The van der Waals surface area contributed by atoms with E-state index in [1.54, 1.807) is 6.07 Å². The zero-order valence-electron chi connectivity index (χ0n) is 11.9. The van der Waals surface area contributed by atoms with Gasteiger partial charge in [-0.25, -0.2) is 13.6 Å². The van der Waals surface area contributed by atoms with Crippen molar-refractivity contribution in [2.45, 2.75) is 37.5 Å². The number of piperidine rings is 1. The molecule has 0 radical (unpaired) electrons. The smallest absolute Gasteiger partial charge is 0.240 e. The predicted octanol–water partition coefficient (Wildman–Crippen LogP) is 1.93. The second-order valence-corrected chi connectivity index (χ2v) is 6.98. The molecule has 4 N–H and O–H groups in total. The number of nitrogen functional groups attached to an aromatic ring is 1. The van der Waals surface area contributed by atoms with E-state index in [0.717, 1.165) is 37.5 Å². The number of sulfonamides is 1. The topological polar surface area (TPSA) is 89.4 Å². The summed E-state index contributed by atoms with van der Waals surface area (Å²) in [5.74, 6) is 0.777. The molecule has 0 saturated carbocycles. The maximum atomic E-state index is 11.5. The lowest BCUT2D eigenvalue weighted by Gasteiger charge is -2.34. The molecular formula is C14H23N3O2S. The summed E-state index contributed by atoms with van der Waals surface area (Å²) < 4.78 is 23.0. The first-order chi connectivity index (χ1) is 9.43. The zero-order chi connectivity index (χ0) is 14.8. The van der Waals surface area contributed by atoms with Crippen molar-refractivity contribution in [2.75, 3.05) is 23.7 Å². The Morgan fingerprint density at radius 3 is 2.50 bits per heavy atom. The Balaban J connectivity index is 2.19. The molecule has 0 spiro atoms. The van der Waals surface area contributed by atoms with Gasteiger partial charge in [0.15, 0.2) is 0 Å². The normalized spacial score (nSPS) is 17.4. The number of hydrogen-bond acceptors (Lipinski definition) is 4. The van der Waals surface area contributed by atoms with Crippen LogP contribution in [0.25, 0.3) is 0 Å². The summed E-state index contributed by atoms with van der Waals surface area (Å²) in [5.41, 5.74) is 7.04. The minimum Gasteiger partial charge on any atom is -0.396 e. The van der Waals surface area contributed by atoms with Gasteiger partial charge in [-0.2, -0.15) is 0 Å². The lowest BCUT2D eigenvalue weighted by Crippen LogP contribution is -2.34. The van der Waals surface area contributed by atoms with Crippen LogP contribution in [0.2, 0.25) is 0 Å². The predicted molar refractivity (Wildman–Crippen MR) is 82.1 cm³/mol. The Morgan fingerprint density at radius 1 is 1.30 bits per heavy atom. The van der Waals surface area contributed by atoms with Crippen LogP contribution in [0.3, 0.4) is 0 Å². The Morgan fingerprint density at radius 2 is 1.95 bits per heavy atom. The molecule has 1 aromatic carbocycles. The van der Waals surface area contributed by atoms with Crippen molar-refractivity contribution in [3.05, 3.63) is 18.2 Å². The number of nitrogens with two attached hydrogens (primary N) is 2. The average Bonchev–Trinajstić information content (AvgIpc) is 2.39. The van der Waals surface area contributed by atoms with Crippen molar-refractivity contribution in [3.63, 3.8) is 0 Å². The van der Waals surface area contributed by atoms with Gasteiger partial charge in [-0.15, -0.1) is 0 Å². The fourth-order valence-corrected chi connectivity index (χ4v) is 3.61. The highest BCUT2D eigenvalue weighted by molar-refractivity contribution is 7.89. The number of nitrogens with zero attached hydrogens (tertiary/aromatic N) is 1. The minimum atomic E-state index is -3.77. The molecule has 1 aliphatic rings. The first-order valence-corrected chi connectivity index (χ1v) is 8.64. The molecule has 1 fully saturated rings. The van der Waals surface area contributed by atoms with E-state index >= 15 is 0 Å². The Kier molecular flexibility index (Phi) is 4.55.